The Morgan fingerprint density at radius 3 is 2.60 bits per heavy atom. The first-order chi connectivity index (χ1) is 9.47. The van der Waals surface area contributed by atoms with Gasteiger partial charge in [0.1, 0.15) is 5.75 Å². The van der Waals surface area contributed by atoms with Crippen LogP contribution >= 0.6 is 22.9 Å². The van der Waals surface area contributed by atoms with Crippen molar-refractivity contribution >= 4 is 28.7 Å². The number of ketones is 1. The third-order valence-electron chi connectivity index (χ3n) is 3.08. The fraction of sp³-hybridized carbons (Fsp3) is 0.312. The molecule has 0 aliphatic rings. The van der Waals surface area contributed by atoms with Crippen LogP contribution in [0.1, 0.15) is 40.6 Å². The number of Topliss-reactive ketones (excluding diaryl/α,β-unsaturated/α-hetero) is 1. The fourth-order valence-corrected chi connectivity index (χ4v) is 3.04. The van der Waals surface area contributed by atoms with Crippen molar-refractivity contribution in [2.24, 2.45) is 0 Å². The summed E-state index contributed by atoms with van der Waals surface area (Å²) in [4.78, 5) is 12.5. The summed E-state index contributed by atoms with van der Waals surface area (Å²) in [7, 11) is 0. The molecule has 0 spiro atoms. The van der Waals surface area contributed by atoms with E-state index in [1.54, 1.807) is 12.1 Å². The van der Waals surface area contributed by atoms with E-state index < -0.39 is 0 Å². The Morgan fingerprint density at radius 2 is 2.05 bits per heavy atom. The lowest BCUT2D eigenvalue weighted by atomic mass is 9.98. The molecule has 0 bridgehead atoms. The van der Waals surface area contributed by atoms with Crippen LogP contribution in [0.3, 0.4) is 0 Å². The first-order valence-corrected chi connectivity index (χ1v) is 7.68. The molecular formula is C16H17ClO2S. The van der Waals surface area contributed by atoms with Gasteiger partial charge >= 0.3 is 0 Å². The van der Waals surface area contributed by atoms with E-state index in [0.717, 1.165) is 5.75 Å². The van der Waals surface area contributed by atoms with E-state index in [2.05, 4.69) is 26.8 Å². The van der Waals surface area contributed by atoms with E-state index in [-0.39, 0.29) is 12.4 Å². The first-order valence-electron chi connectivity index (χ1n) is 6.49. The minimum absolute atomic E-state index is 0.0390. The number of halogens is 1. The predicted molar refractivity (Wildman–Crippen MR) is 84.4 cm³/mol. The summed E-state index contributed by atoms with van der Waals surface area (Å²) in [6.07, 6.45) is 0. The van der Waals surface area contributed by atoms with Crippen LogP contribution in [0.2, 0.25) is 4.34 Å². The van der Waals surface area contributed by atoms with Gasteiger partial charge in [-0.1, -0.05) is 31.5 Å². The van der Waals surface area contributed by atoms with Crippen LogP contribution in [0.4, 0.5) is 0 Å². The molecule has 0 N–H and O–H groups in total. The summed E-state index contributed by atoms with van der Waals surface area (Å²) in [5, 5.41) is 0. The molecule has 1 aromatic carbocycles. The summed E-state index contributed by atoms with van der Waals surface area (Å²) >= 11 is 7.09. The molecule has 0 radical (unpaired) electrons. The average molecular weight is 309 g/mol. The van der Waals surface area contributed by atoms with E-state index in [1.165, 1.54) is 22.5 Å². The quantitative estimate of drug-likeness (QED) is 0.719. The molecule has 2 aromatic rings. The molecule has 0 saturated carbocycles. The van der Waals surface area contributed by atoms with E-state index in [4.69, 9.17) is 16.3 Å². The van der Waals surface area contributed by atoms with Crippen molar-refractivity contribution in [2.45, 2.75) is 26.7 Å². The van der Waals surface area contributed by atoms with Gasteiger partial charge in [0.25, 0.3) is 0 Å². The van der Waals surface area contributed by atoms with Crippen molar-refractivity contribution in [3.05, 3.63) is 50.7 Å². The molecule has 0 fully saturated rings. The van der Waals surface area contributed by atoms with E-state index in [9.17, 15) is 4.79 Å². The second-order valence-corrected chi connectivity index (χ2v) is 6.70. The average Bonchev–Trinajstić information content (AvgIpc) is 2.82. The highest BCUT2D eigenvalue weighted by Gasteiger charge is 2.10. The number of benzene rings is 1. The van der Waals surface area contributed by atoms with Crippen LogP contribution < -0.4 is 4.74 Å². The molecule has 0 amide bonds. The zero-order chi connectivity index (χ0) is 14.7. The summed E-state index contributed by atoms with van der Waals surface area (Å²) < 4.78 is 6.18. The maximum Gasteiger partial charge on any atom is 0.210 e. The third-order valence-corrected chi connectivity index (χ3v) is 4.35. The number of carbonyl (C=O) groups is 1. The number of rotatable bonds is 5. The minimum Gasteiger partial charge on any atom is -0.485 e. The summed E-state index contributed by atoms with van der Waals surface area (Å²) in [5.74, 6) is 1.16. The second-order valence-electron chi connectivity index (χ2n) is 4.99. The van der Waals surface area contributed by atoms with Gasteiger partial charge < -0.3 is 4.74 Å². The molecule has 2 nitrogen and oxygen atoms in total. The second kappa shape index (κ2) is 6.42. The minimum atomic E-state index is -0.0486. The monoisotopic (exact) mass is 308 g/mol. The zero-order valence-electron chi connectivity index (χ0n) is 11.8. The van der Waals surface area contributed by atoms with Crippen LogP contribution in [0.15, 0.2) is 30.3 Å². The lowest BCUT2D eigenvalue weighted by Gasteiger charge is -2.12. The summed E-state index contributed by atoms with van der Waals surface area (Å²) in [5.41, 5.74) is 2.48. The highest BCUT2D eigenvalue weighted by Crippen LogP contribution is 2.24. The molecule has 1 heterocycles. The van der Waals surface area contributed by atoms with Gasteiger partial charge in [0.15, 0.2) is 6.61 Å². The highest BCUT2D eigenvalue weighted by molar-refractivity contribution is 7.18. The molecule has 0 aliphatic heterocycles. The Bertz CT molecular complexity index is 617. The summed E-state index contributed by atoms with van der Waals surface area (Å²) in [6.45, 7) is 6.42. The Labute approximate surface area is 128 Å². The molecule has 0 aliphatic carbocycles. The van der Waals surface area contributed by atoms with Crippen LogP contribution in [0, 0.1) is 6.92 Å². The zero-order valence-corrected chi connectivity index (χ0v) is 13.3. The Kier molecular flexibility index (Phi) is 4.84. The van der Waals surface area contributed by atoms with Crippen LogP contribution in [-0.4, -0.2) is 12.4 Å². The lowest BCUT2D eigenvalue weighted by Crippen LogP contribution is -2.10. The maximum atomic E-state index is 11.9. The van der Waals surface area contributed by atoms with Crippen molar-refractivity contribution < 1.29 is 9.53 Å². The van der Waals surface area contributed by atoms with Crippen molar-refractivity contribution in [1.29, 1.82) is 0 Å². The SMILES string of the molecule is Cc1cc(OCC(=O)c2ccc(Cl)s2)ccc1C(C)C. The third kappa shape index (κ3) is 3.62. The normalized spacial score (nSPS) is 10.8. The summed E-state index contributed by atoms with van der Waals surface area (Å²) in [6, 6.07) is 9.40. The van der Waals surface area contributed by atoms with Gasteiger partial charge in [-0.2, -0.15) is 0 Å². The van der Waals surface area contributed by atoms with Crippen molar-refractivity contribution in [2.75, 3.05) is 6.61 Å². The Balaban J connectivity index is 2.01. The maximum absolute atomic E-state index is 11.9. The molecule has 20 heavy (non-hydrogen) atoms. The molecule has 1 aromatic heterocycles. The topological polar surface area (TPSA) is 26.3 Å². The van der Waals surface area contributed by atoms with E-state index in [1.807, 2.05) is 12.1 Å². The van der Waals surface area contributed by atoms with Gasteiger partial charge in [0, 0.05) is 0 Å². The number of ether oxygens (including phenoxy) is 1. The largest absolute Gasteiger partial charge is 0.485 e. The van der Waals surface area contributed by atoms with Gasteiger partial charge in [0.05, 0.1) is 9.21 Å². The van der Waals surface area contributed by atoms with Gasteiger partial charge in [0.2, 0.25) is 5.78 Å². The van der Waals surface area contributed by atoms with Crippen molar-refractivity contribution in [1.82, 2.24) is 0 Å². The molecule has 4 heteroatoms. The number of aryl methyl sites for hydroxylation is 1. The van der Waals surface area contributed by atoms with Gasteiger partial charge in [-0.05, 0) is 48.2 Å². The number of carbonyl (C=O) groups excluding carboxylic acids is 1. The molecule has 106 valence electrons. The number of thiophene rings is 1. The number of hydrogen-bond donors (Lipinski definition) is 0. The predicted octanol–water partition coefficient (Wildman–Crippen LogP) is 5.10. The number of hydrogen-bond acceptors (Lipinski definition) is 3. The Morgan fingerprint density at radius 1 is 1.30 bits per heavy atom. The van der Waals surface area contributed by atoms with Crippen LogP contribution in [0.5, 0.6) is 5.75 Å². The standard InChI is InChI=1S/C16H17ClO2S/c1-10(2)13-5-4-12(8-11(13)3)19-9-14(18)15-6-7-16(17)20-15/h4-8,10H,9H2,1-3H3. The van der Waals surface area contributed by atoms with Crippen LogP contribution in [0.25, 0.3) is 0 Å². The molecule has 0 atom stereocenters. The molecule has 0 unspecified atom stereocenters. The van der Waals surface area contributed by atoms with E-state index in [0.29, 0.717) is 15.1 Å². The van der Waals surface area contributed by atoms with E-state index >= 15 is 0 Å². The lowest BCUT2D eigenvalue weighted by molar-refractivity contribution is 0.0925. The Hall–Kier alpha value is -1.32. The van der Waals surface area contributed by atoms with Crippen molar-refractivity contribution in [3.63, 3.8) is 0 Å². The first kappa shape index (κ1) is 15.1. The smallest absolute Gasteiger partial charge is 0.210 e. The molecule has 2 rings (SSSR count). The molecular weight excluding hydrogens is 292 g/mol. The molecule has 0 saturated heterocycles. The van der Waals surface area contributed by atoms with Gasteiger partial charge in [-0.3, -0.25) is 4.79 Å². The van der Waals surface area contributed by atoms with Crippen molar-refractivity contribution in [3.8, 4) is 5.75 Å². The van der Waals surface area contributed by atoms with Gasteiger partial charge in [-0.15, -0.1) is 11.3 Å². The van der Waals surface area contributed by atoms with Gasteiger partial charge in [-0.25, -0.2) is 0 Å². The highest BCUT2D eigenvalue weighted by atomic mass is 35.5. The van der Waals surface area contributed by atoms with Crippen LogP contribution in [-0.2, 0) is 0 Å². The fourth-order valence-electron chi connectivity index (χ4n) is 2.07.